The number of hydrogen-bond acceptors (Lipinski definition) is 5. The van der Waals surface area contributed by atoms with Crippen molar-refractivity contribution in [3.8, 4) is 5.75 Å². The lowest BCUT2D eigenvalue weighted by Crippen LogP contribution is -2.30. The van der Waals surface area contributed by atoms with Crippen LogP contribution in [0, 0.1) is 5.92 Å². The third-order valence-corrected chi connectivity index (χ3v) is 4.63. The van der Waals surface area contributed by atoms with Gasteiger partial charge in [-0.3, -0.25) is 19.3 Å². The molecule has 0 radical (unpaired) electrons. The molecule has 0 N–H and O–H groups in total. The summed E-state index contributed by atoms with van der Waals surface area (Å²) >= 11 is 3.29. The molecule has 1 fully saturated rings. The van der Waals surface area contributed by atoms with Gasteiger partial charge in [-0.1, -0.05) is 12.1 Å². The molecule has 2 atom stereocenters. The van der Waals surface area contributed by atoms with Crippen LogP contribution in [0.15, 0.2) is 47.1 Å². The molecular formula is C18H15BrN2O4. The molecule has 2 unspecified atom stereocenters. The highest BCUT2D eigenvalue weighted by atomic mass is 79.9. The van der Waals surface area contributed by atoms with Crippen molar-refractivity contribution in [3.05, 3.63) is 52.6 Å². The molecule has 0 spiro atoms. The molecule has 1 aromatic carbocycles. The highest BCUT2D eigenvalue weighted by molar-refractivity contribution is 9.10. The Kier molecular flexibility index (Phi) is 4.67. The Hall–Kier alpha value is -2.54. The van der Waals surface area contributed by atoms with Crippen LogP contribution in [-0.2, 0) is 14.4 Å². The van der Waals surface area contributed by atoms with Crippen molar-refractivity contribution in [2.45, 2.75) is 13.0 Å². The second-order valence-corrected chi connectivity index (χ2v) is 6.60. The van der Waals surface area contributed by atoms with E-state index in [9.17, 15) is 14.4 Å². The zero-order valence-corrected chi connectivity index (χ0v) is 15.2. The molecular weight excluding hydrogens is 388 g/mol. The summed E-state index contributed by atoms with van der Waals surface area (Å²) in [5.74, 6) is -1.86. The Bertz CT molecular complexity index is 833. The topological polar surface area (TPSA) is 76.6 Å². The fraction of sp³-hybridized carbons (Fsp3) is 0.222. The minimum absolute atomic E-state index is 0.325. The highest BCUT2D eigenvalue weighted by Crippen LogP contribution is 2.39. The number of anilines is 1. The molecule has 2 heterocycles. The Balaban J connectivity index is 2.12. The first kappa shape index (κ1) is 17.3. The van der Waals surface area contributed by atoms with Gasteiger partial charge in [-0.15, -0.1) is 0 Å². The molecule has 1 aliphatic heterocycles. The number of nitrogens with zero attached hydrogens (tertiary/aromatic N) is 2. The lowest BCUT2D eigenvalue weighted by Gasteiger charge is -2.26. The predicted molar refractivity (Wildman–Crippen MR) is 94.3 cm³/mol. The molecule has 2 aromatic rings. The molecule has 1 amide bonds. The van der Waals surface area contributed by atoms with Crippen LogP contribution < -0.4 is 9.64 Å². The largest absolute Gasteiger partial charge is 0.497 e. The van der Waals surface area contributed by atoms with E-state index in [0.717, 1.165) is 4.47 Å². The number of benzene rings is 1. The number of carbonyl (C=O) groups is 3. The fourth-order valence-electron chi connectivity index (χ4n) is 2.98. The smallest absolute Gasteiger partial charge is 0.297 e. The number of methoxy groups -OCH3 is 1. The van der Waals surface area contributed by atoms with Crippen LogP contribution in [0.2, 0.25) is 0 Å². The first-order valence-electron chi connectivity index (χ1n) is 7.57. The number of aromatic nitrogens is 1. The maximum Gasteiger partial charge on any atom is 0.297 e. The number of pyridine rings is 1. The first-order valence-corrected chi connectivity index (χ1v) is 8.36. The van der Waals surface area contributed by atoms with E-state index in [1.807, 2.05) is 0 Å². The molecule has 1 saturated heterocycles. The van der Waals surface area contributed by atoms with Crippen molar-refractivity contribution >= 4 is 39.2 Å². The van der Waals surface area contributed by atoms with E-state index in [4.69, 9.17) is 4.74 Å². The standard InChI is InChI=1S/C18H15BrN2O4/c1-10(22)15-16(11-3-6-13(25-2)7-4-11)21(18(24)17(15)23)14-8-5-12(19)9-20-14/h3-9,15-16H,1-2H3. The Morgan fingerprint density at radius 1 is 1.16 bits per heavy atom. The number of carbonyl (C=O) groups excluding carboxylic acids is 3. The minimum Gasteiger partial charge on any atom is -0.497 e. The second kappa shape index (κ2) is 6.76. The molecule has 6 nitrogen and oxygen atoms in total. The average molecular weight is 403 g/mol. The predicted octanol–water partition coefficient (Wildman–Crippen LogP) is 2.71. The van der Waals surface area contributed by atoms with Crippen LogP contribution in [0.1, 0.15) is 18.5 Å². The lowest BCUT2D eigenvalue weighted by molar-refractivity contribution is -0.138. The summed E-state index contributed by atoms with van der Waals surface area (Å²) in [4.78, 5) is 42.6. The van der Waals surface area contributed by atoms with Gasteiger partial charge in [0.05, 0.1) is 13.2 Å². The second-order valence-electron chi connectivity index (χ2n) is 5.68. The van der Waals surface area contributed by atoms with Crippen molar-refractivity contribution in [1.29, 1.82) is 0 Å². The van der Waals surface area contributed by atoms with E-state index in [-0.39, 0.29) is 5.78 Å². The van der Waals surface area contributed by atoms with Crippen molar-refractivity contribution in [1.82, 2.24) is 4.98 Å². The SMILES string of the molecule is COc1ccc(C2C(C(C)=O)C(=O)C(=O)N2c2ccc(Br)cn2)cc1. The number of Topliss-reactive ketones (excluding diaryl/α,β-unsaturated/α-hetero) is 2. The van der Waals surface area contributed by atoms with Gasteiger partial charge in [0.15, 0.2) is 0 Å². The monoisotopic (exact) mass is 402 g/mol. The number of ketones is 2. The zero-order chi connectivity index (χ0) is 18.1. The summed E-state index contributed by atoms with van der Waals surface area (Å²) in [6, 6.07) is 9.59. The summed E-state index contributed by atoms with van der Waals surface area (Å²) in [7, 11) is 1.55. The van der Waals surface area contributed by atoms with Crippen LogP contribution >= 0.6 is 15.9 Å². The number of ether oxygens (including phenoxy) is 1. The van der Waals surface area contributed by atoms with Crippen LogP contribution in [0.3, 0.4) is 0 Å². The molecule has 3 rings (SSSR count). The van der Waals surface area contributed by atoms with Gasteiger partial charge in [-0.25, -0.2) is 4.98 Å². The van der Waals surface area contributed by atoms with E-state index >= 15 is 0 Å². The van der Waals surface area contributed by atoms with Crippen molar-refractivity contribution in [3.63, 3.8) is 0 Å². The molecule has 25 heavy (non-hydrogen) atoms. The molecule has 1 aliphatic rings. The van der Waals surface area contributed by atoms with Gasteiger partial charge in [0, 0.05) is 10.7 Å². The lowest BCUT2D eigenvalue weighted by atomic mass is 9.90. The number of amides is 1. The molecule has 0 aliphatic carbocycles. The van der Waals surface area contributed by atoms with E-state index in [0.29, 0.717) is 17.1 Å². The Labute approximate surface area is 152 Å². The van der Waals surface area contributed by atoms with E-state index < -0.39 is 23.7 Å². The van der Waals surface area contributed by atoms with Gasteiger partial charge in [0.2, 0.25) is 5.78 Å². The third-order valence-electron chi connectivity index (χ3n) is 4.16. The summed E-state index contributed by atoms with van der Waals surface area (Å²) < 4.78 is 5.89. The van der Waals surface area contributed by atoms with Gasteiger partial charge in [0.1, 0.15) is 23.3 Å². The summed E-state index contributed by atoms with van der Waals surface area (Å²) in [5, 5.41) is 0. The Morgan fingerprint density at radius 2 is 1.84 bits per heavy atom. The Morgan fingerprint density at radius 3 is 2.36 bits per heavy atom. The third kappa shape index (κ3) is 3.07. The van der Waals surface area contributed by atoms with Crippen LogP contribution in [0.4, 0.5) is 5.82 Å². The quantitative estimate of drug-likeness (QED) is 0.580. The number of rotatable bonds is 4. The molecule has 0 bridgehead atoms. The maximum absolute atomic E-state index is 12.6. The molecule has 0 saturated carbocycles. The summed E-state index contributed by atoms with van der Waals surface area (Å²) in [6.45, 7) is 1.32. The van der Waals surface area contributed by atoms with E-state index in [1.165, 1.54) is 11.8 Å². The maximum atomic E-state index is 12.6. The fourth-order valence-corrected chi connectivity index (χ4v) is 3.21. The molecule has 128 valence electrons. The van der Waals surface area contributed by atoms with Gasteiger partial charge < -0.3 is 4.74 Å². The number of halogens is 1. The van der Waals surface area contributed by atoms with Gasteiger partial charge in [-0.05, 0) is 52.7 Å². The molecule has 7 heteroatoms. The number of hydrogen-bond donors (Lipinski definition) is 0. The average Bonchev–Trinajstić information content (AvgIpc) is 2.87. The van der Waals surface area contributed by atoms with Crippen LogP contribution in [-0.4, -0.2) is 29.6 Å². The zero-order valence-electron chi connectivity index (χ0n) is 13.6. The summed E-state index contributed by atoms with van der Waals surface area (Å²) in [5.41, 5.74) is 0.671. The van der Waals surface area contributed by atoms with Gasteiger partial charge >= 0.3 is 0 Å². The minimum atomic E-state index is -1.05. The normalized spacial score (nSPS) is 20.0. The summed E-state index contributed by atoms with van der Waals surface area (Å²) in [6.07, 6.45) is 1.54. The van der Waals surface area contributed by atoms with Crippen LogP contribution in [0.5, 0.6) is 5.75 Å². The van der Waals surface area contributed by atoms with Crippen molar-refractivity contribution in [2.75, 3.05) is 12.0 Å². The van der Waals surface area contributed by atoms with E-state index in [2.05, 4.69) is 20.9 Å². The van der Waals surface area contributed by atoms with Gasteiger partial charge in [-0.2, -0.15) is 0 Å². The van der Waals surface area contributed by atoms with E-state index in [1.54, 1.807) is 49.7 Å². The van der Waals surface area contributed by atoms with Crippen molar-refractivity contribution in [2.24, 2.45) is 5.92 Å². The molecule has 1 aromatic heterocycles. The van der Waals surface area contributed by atoms with Gasteiger partial charge in [0.25, 0.3) is 5.91 Å². The van der Waals surface area contributed by atoms with Crippen molar-refractivity contribution < 1.29 is 19.1 Å². The first-order chi connectivity index (χ1) is 11.9. The van der Waals surface area contributed by atoms with Crippen LogP contribution in [0.25, 0.3) is 0 Å². The highest BCUT2D eigenvalue weighted by Gasteiger charge is 2.51.